The Morgan fingerprint density at radius 3 is 2.13 bits per heavy atom. The zero-order chi connectivity index (χ0) is 16.4. The quantitative estimate of drug-likeness (QED) is 0.721. The van der Waals surface area contributed by atoms with Crippen molar-refractivity contribution in [3.63, 3.8) is 0 Å². The molecule has 1 heterocycles. The molecule has 0 radical (unpaired) electrons. The van der Waals surface area contributed by atoms with Crippen LogP contribution in [0.2, 0.25) is 0 Å². The largest absolute Gasteiger partial charge is 0.422 e. The first-order chi connectivity index (χ1) is 11.1. The third kappa shape index (κ3) is 3.04. The van der Waals surface area contributed by atoms with Gasteiger partial charge in [-0.1, -0.05) is 42.5 Å². The van der Waals surface area contributed by atoms with Crippen molar-refractivity contribution in [1.29, 1.82) is 0 Å². The van der Waals surface area contributed by atoms with Gasteiger partial charge in [0, 0.05) is 36.5 Å². The van der Waals surface area contributed by atoms with Crippen molar-refractivity contribution in [3.05, 3.63) is 76.6 Å². The van der Waals surface area contributed by atoms with Crippen molar-refractivity contribution in [1.82, 2.24) is 0 Å². The lowest BCUT2D eigenvalue weighted by Crippen LogP contribution is -2.08. The highest BCUT2D eigenvalue weighted by atomic mass is 16.4. The van der Waals surface area contributed by atoms with Crippen molar-refractivity contribution in [2.45, 2.75) is 6.92 Å². The summed E-state index contributed by atoms with van der Waals surface area (Å²) in [6, 6.07) is 19.8. The van der Waals surface area contributed by atoms with Crippen LogP contribution >= 0.6 is 0 Å². The molecule has 3 nitrogen and oxygen atoms in total. The van der Waals surface area contributed by atoms with Crippen molar-refractivity contribution in [3.8, 4) is 22.5 Å². The molecule has 0 fully saturated rings. The van der Waals surface area contributed by atoms with E-state index >= 15 is 0 Å². The molecule has 3 rings (SSSR count). The first kappa shape index (κ1) is 15.1. The fraction of sp³-hybridized carbons (Fsp3) is 0.150. The van der Waals surface area contributed by atoms with Gasteiger partial charge in [0.1, 0.15) is 5.76 Å². The summed E-state index contributed by atoms with van der Waals surface area (Å²) >= 11 is 0. The Morgan fingerprint density at radius 1 is 0.870 bits per heavy atom. The van der Waals surface area contributed by atoms with Crippen LogP contribution in [0.15, 0.2) is 69.9 Å². The van der Waals surface area contributed by atoms with Gasteiger partial charge in [0.05, 0.1) is 0 Å². The molecule has 0 spiro atoms. The minimum Gasteiger partial charge on any atom is -0.422 e. The summed E-state index contributed by atoms with van der Waals surface area (Å²) in [5.74, 6) is 0.610. The lowest BCUT2D eigenvalue weighted by molar-refractivity contribution is 0.522. The summed E-state index contributed by atoms with van der Waals surface area (Å²) in [4.78, 5) is 14.0. The number of benzene rings is 2. The molecule has 0 aliphatic rings. The van der Waals surface area contributed by atoms with Crippen LogP contribution in [0.4, 0.5) is 5.69 Å². The molecule has 0 saturated carbocycles. The van der Waals surface area contributed by atoms with E-state index in [-0.39, 0.29) is 5.63 Å². The SMILES string of the molecule is Cc1cc(-c2ccc(N(C)C)cc2)c(-c2ccccc2)oc1=O. The lowest BCUT2D eigenvalue weighted by Gasteiger charge is -2.14. The number of hydrogen-bond acceptors (Lipinski definition) is 3. The van der Waals surface area contributed by atoms with E-state index in [9.17, 15) is 4.79 Å². The molecular formula is C20H19NO2. The molecule has 0 N–H and O–H groups in total. The van der Waals surface area contributed by atoms with Gasteiger partial charge in [-0.25, -0.2) is 4.79 Å². The van der Waals surface area contributed by atoms with E-state index < -0.39 is 0 Å². The zero-order valence-corrected chi connectivity index (χ0v) is 13.5. The van der Waals surface area contributed by atoms with Crippen molar-refractivity contribution < 1.29 is 4.42 Å². The normalized spacial score (nSPS) is 10.6. The standard InChI is InChI=1S/C20H19NO2/c1-14-13-18(15-9-11-17(12-10-15)21(2)3)19(23-20(14)22)16-7-5-4-6-8-16/h4-13H,1-3H3. The van der Waals surface area contributed by atoms with Gasteiger partial charge in [0.2, 0.25) is 0 Å². The predicted octanol–water partition coefficient (Wildman–Crippen LogP) is 4.35. The highest BCUT2D eigenvalue weighted by Crippen LogP contribution is 2.32. The van der Waals surface area contributed by atoms with E-state index in [4.69, 9.17) is 4.42 Å². The number of nitrogens with zero attached hydrogens (tertiary/aromatic N) is 1. The minimum absolute atomic E-state index is 0.294. The summed E-state index contributed by atoms with van der Waals surface area (Å²) in [6.45, 7) is 1.78. The molecule has 0 bridgehead atoms. The van der Waals surface area contributed by atoms with Crippen LogP contribution in [-0.2, 0) is 0 Å². The van der Waals surface area contributed by atoms with Gasteiger partial charge in [0.15, 0.2) is 0 Å². The topological polar surface area (TPSA) is 33.5 Å². The Labute approximate surface area is 135 Å². The van der Waals surface area contributed by atoms with Gasteiger partial charge in [-0.05, 0) is 30.7 Å². The summed E-state index contributed by atoms with van der Waals surface area (Å²) in [5.41, 5.74) is 4.30. The first-order valence-electron chi connectivity index (χ1n) is 7.54. The van der Waals surface area contributed by atoms with Crippen LogP contribution in [0.1, 0.15) is 5.56 Å². The molecule has 0 saturated heterocycles. The van der Waals surface area contributed by atoms with E-state index in [2.05, 4.69) is 29.2 Å². The average Bonchev–Trinajstić information content (AvgIpc) is 2.58. The van der Waals surface area contributed by atoms with E-state index in [1.807, 2.05) is 50.5 Å². The maximum Gasteiger partial charge on any atom is 0.339 e. The second kappa shape index (κ2) is 6.13. The first-order valence-corrected chi connectivity index (χ1v) is 7.54. The van der Waals surface area contributed by atoms with Gasteiger partial charge in [0.25, 0.3) is 0 Å². The fourth-order valence-electron chi connectivity index (χ4n) is 2.53. The summed E-state index contributed by atoms with van der Waals surface area (Å²) in [7, 11) is 4.02. The highest BCUT2D eigenvalue weighted by Gasteiger charge is 2.13. The maximum atomic E-state index is 12.0. The molecule has 0 atom stereocenters. The van der Waals surface area contributed by atoms with Crippen LogP contribution in [0.3, 0.4) is 0 Å². The van der Waals surface area contributed by atoms with Crippen LogP contribution < -0.4 is 10.5 Å². The van der Waals surface area contributed by atoms with Crippen molar-refractivity contribution in [2.75, 3.05) is 19.0 Å². The molecule has 0 aliphatic carbocycles. The Bertz CT molecular complexity index is 862. The monoisotopic (exact) mass is 305 g/mol. The number of anilines is 1. The molecule has 3 aromatic rings. The van der Waals surface area contributed by atoms with Crippen LogP contribution in [-0.4, -0.2) is 14.1 Å². The van der Waals surface area contributed by atoms with Gasteiger partial charge < -0.3 is 9.32 Å². The summed E-state index contributed by atoms with van der Waals surface area (Å²) in [5, 5.41) is 0. The number of hydrogen-bond donors (Lipinski definition) is 0. The third-order valence-electron chi connectivity index (χ3n) is 3.85. The predicted molar refractivity (Wildman–Crippen MR) is 94.9 cm³/mol. The fourth-order valence-corrected chi connectivity index (χ4v) is 2.53. The zero-order valence-electron chi connectivity index (χ0n) is 13.5. The molecular weight excluding hydrogens is 286 g/mol. The summed E-state index contributed by atoms with van der Waals surface area (Å²) in [6.07, 6.45) is 0. The van der Waals surface area contributed by atoms with Crippen molar-refractivity contribution >= 4 is 5.69 Å². The third-order valence-corrected chi connectivity index (χ3v) is 3.85. The van der Waals surface area contributed by atoms with Crippen molar-refractivity contribution in [2.24, 2.45) is 0 Å². The molecule has 23 heavy (non-hydrogen) atoms. The number of rotatable bonds is 3. The smallest absolute Gasteiger partial charge is 0.339 e. The minimum atomic E-state index is -0.294. The van der Waals surface area contributed by atoms with E-state index in [0.29, 0.717) is 11.3 Å². The van der Waals surface area contributed by atoms with Gasteiger partial charge in [-0.3, -0.25) is 0 Å². The molecule has 0 amide bonds. The average molecular weight is 305 g/mol. The van der Waals surface area contributed by atoms with Gasteiger partial charge >= 0.3 is 5.63 Å². The molecule has 3 heteroatoms. The molecule has 2 aromatic carbocycles. The van der Waals surface area contributed by atoms with E-state index in [1.165, 1.54) is 0 Å². The number of aryl methyl sites for hydroxylation is 1. The Morgan fingerprint density at radius 2 is 1.52 bits per heavy atom. The maximum absolute atomic E-state index is 12.0. The molecule has 116 valence electrons. The molecule has 0 aliphatic heterocycles. The lowest BCUT2D eigenvalue weighted by atomic mass is 9.99. The molecule has 0 unspecified atom stereocenters. The van der Waals surface area contributed by atoms with Gasteiger partial charge in [-0.2, -0.15) is 0 Å². The van der Waals surface area contributed by atoms with Crippen LogP contribution in [0.25, 0.3) is 22.5 Å². The van der Waals surface area contributed by atoms with Crippen LogP contribution in [0.5, 0.6) is 0 Å². The summed E-state index contributed by atoms with van der Waals surface area (Å²) < 4.78 is 5.59. The van der Waals surface area contributed by atoms with Crippen LogP contribution in [0, 0.1) is 6.92 Å². The second-order valence-electron chi connectivity index (χ2n) is 5.77. The Hall–Kier alpha value is -2.81. The highest BCUT2D eigenvalue weighted by molar-refractivity contribution is 5.80. The molecule has 1 aromatic heterocycles. The second-order valence-corrected chi connectivity index (χ2v) is 5.77. The van der Waals surface area contributed by atoms with Gasteiger partial charge in [-0.15, -0.1) is 0 Å². The Kier molecular flexibility index (Phi) is 4.02. The van der Waals surface area contributed by atoms with E-state index in [1.54, 1.807) is 6.92 Å². The Balaban J connectivity index is 2.18. The van der Waals surface area contributed by atoms with E-state index in [0.717, 1.165) is 22.4 Å².